The molecule has 1 fully saturated rings. The third-order valence-corrected chi connectivity index (χ3v) is 7.52. The number of carbonyl (C=O) groups is 1. The largest absolute Gasteiger partial charge is 0.493 e. The first kappa shape index (κ1) is 18.8. The van der Waals surface area contributed by atoms with E-state index in [9.17, 15) is 4.79 Å². The summed E-state index contributed by atoms with van der Waals surface area (Å²) in [5, 5.41) is 0. The molecule has 3 aliphatic rings. The number of nitrogens with zero attached hydrogens (tertiary/aromatic N) is 3. The smallest absolute Gasteiger partial charge is 0.316 e. The van der Waals surface area contributed by atoms with Crippen LogP contribution in [-0.4, -0.2) is 41.5 Å². The maximum atomic E-state index is 13.3. The predicted molar refractivity (Wildman–Crippen MR) is 123 cm³/mol. The third kappa shape index (κ3) is 2.19. The molecule has 1 aromatic heterocycles. The Morgan fingerprint density at radius 3 is 2.58 bits per heavy atom. The number of carbonyl (C=O) groups excluding carboxylic acids is 1. The lowest BCUT2D eigenvalue weighted by Gasteiger charge is -2.40. The number of ether oxygens (including phenoxy) is 2. The average molecular weight is 435 g/mol. The lowest BCUT2D eigenvalue weighted by Crippen LogP contribution is -2.44. The van der Waals surface area contributed by atoms with Crippen molar-refractivity contribution in [3.8, 4) is 22.8 Å². The lowest BCUT2D eigenvalue weighted by molar-refractivity contribution is -0.140. The van der Waals surface area contributed by atoms with Crippen LogP contribution < -0.4 is 9.47 Å². The van der Waals surface area contributed by atoms with Gasteiger partial charge in [-0.05, 0) is 30.8 Å². The van der Waals surface area contributed by atoms with Crippen molar-refractivity contribution < 1.29 is 14.3 Å². The molecule has 3 unspecified atom stereocenters. The monoisotopic (exact) mass is 435 g/mol. The first-order valence-corrected chi connectivity index (χ1v) is 11.1. The molecule has 0 bridgehead atoms. The van der Waals surface area contributed by atoms with Gasteiger partial charge in [-0.1, -0.05) is 48.5 Å². The molecule has 1 spiro atoms. The van der Waals surface area contributed by atoms with Crippen LogP contribution in [0.15, 0.2) is 66.7 Å². The van der Waals surface area contributed by atoms with Crippen LogP contribution >= 0.6 is 0 Å². The van der Waals surface area contributed by atoms with Gasteiger partial charge in [-0.15, -0.1) is 0 Å². The Labute approximate surface area is 190 Å². The number of likely N-dealkylation sites (tertiary alicyclic amines) is 1. The van der Waals surface area contributed by atoms with E-state index in [4.69, 9.17) is 19.4 Å². The van der Waals surface area contributed by atoms with Gasteiger partial charge in [0, 0.05) is 23.6 Å². The van der Waals surface area contributed by atoms with Gasteiger partial charge in [0.05, 0.1) is 41.0 Å². The Morgan fingerprint density at radius 1 is 1.00 bits per heavy atom. The van der Waals surface area contributed by atoms with Crippen LogP contribution in [-0.2, 0) is 10.3 Å². The minimum atomic E-state index is -0.631. The highest BCUT2D eigenvalue weighted by Gasteiger charge is 2.64. The Kier molecular flexibility index (Phi) is 3.63. The molecule has 1 saturated heterocycles. The standard InChI is InChI=1S/C27H21N3O3/c1-30-14-17-22(16-9-7-13-21(32-2)24(16)33-26(17)31)27(30)18-10-4-3-8-15(18)23-25(27)29-20-12-6-5-11-19(20)28-23/h3-13,17,22H,14H2,1-2H3. The zero-order valence-corrected chi connectivity index (χ0v) is 18.3. The summed E-state index contributed by atoms with van der Waals surface area (Å²) >= 11 is 0. The highest BCUT2D eigenvalue weighted by Crippen LogP contribution is 2.64. The molecule has 2 aliphatic heterocycles. The number of fused-ring (bicyclic) bond motifs is 10. The van der Waals surface area contributed by atoms with Crippen molar-refractivity contribution in [1.82, 2.24) is 14.9 Å². The van der Waals surface area contributed by atoms with Crippen molar-refractivity contribution in [2.24, 2.45) is 5.92 Å². The first-order valence-electron chi connectivity index (χ1n) is 11.1. The number of methoxy groups -OCH3 is 1. The van der Waals surface area contributed by atoms with E-state index in [0.717, 1.165) is 39.1 Å². The van der Waals surface area contributed by atoms with Crippen LogP contribution in [0.25, 0.3) is 22.3 Å². The van der Waals surface area contributed by atoms with E-state index >= 15 is 0 Å². The first-order chi connectivity index (χ1) is 16.1. The normalized spacial score (nSPS) is 24.8. The zero-order chi connectivity index (χ0) is 22.3. The Balaban J connectivity index is 1.61. The van der Waals surface area contributed by atoms with E-state index in [-0.39, 0.29) is 17.8 Å². The quantitative estimate of drug-likeness (QED) is 0.331. The van der Waals surface area contributed by atoms with Gasteiger partial charge in [0.1, 0.15) is 0 Å². The molecule has 3 aromatic carbocycles. The van der Waals surface area contributed by atoms with Gasteiger partial charge in [-0.25, -0.2) is 9.97 Å². The molecule has 0 N–H and O–H groups in total. The topological polar surface area (TPSA) is 64.6 Å². The lowest BCUT2D eigenvalue weighted by atomic mass is 9.70. The minimum absolute atomic E-state index is 0.174. The van der Waals surface area contributed by atoms with E-state index in [2.05, 4.69) is 36.2 Å². The van der Waals surface area contributed by atoms with Crippen LogP contribution in [0, 0.1) is 5.92 Å². The maximum absolute atomic E-state index is 13.3. The van der Waals surface area contributed by atoms with Gasteiger partial charge in [0.15, 0.2) is 11.5 Å². The molecule has 1 aliphatic carbocycles. The van der Waals surface area contributed by atoms with Gasteiger partial charge in [0.25, 0.3) is 0 Å². The van der Waals surface area contributed by atoms with Gasteiger partial charge >= 0.3 is 5.97 Å². The second kappa shape index (κ2) is 6.39. The Morgan fingerprint density at radius 2 is 1.76 bits per heavy atom. The van der Waals surface area contributed by atoms with Crippen LogP contribution in [0.3, 0.4) is 0 Å². The summed E-state index contributed by atoms with van der Waals surface area (Å²) < 4.78 is 11.4. The fourth-order valence-electron chi connectivity index (χ4n) is 6.25. The number of para-hydroxylation sites is 3. The highest BCUT2D eigenvalue weighted by atomic mass is 16.6. The minimum Gasteiger partial charge on any atom is -0.493 e. The molecule has 7 rings (SSSR count). The van der Waals surface area contributed by atoms with Gasteiger partial charge in [-0.3, -0.25) is 9.69 Å². The van der Waals surface area contributed by atoms with Gasteiger partial charge < -0.3 is 9.47 Å². The maximum Gasteiger partial charge on any atom is 0.316 e. The molecule has 3 atom stereocenters. The van der Waals surface area contributed by atoms with Gasteiger partial charge in [-0.2, -0.15) is 0 Å². The van der Waals surface area contributed by atoms with Crippen molar-refractivity contribution in [3.63, 3.8) is 0 Å². The van der Waals surface area contributed by atoms with Crippen LogP contribution in [0.4, 0.5) is 0 Å². The summed E-state index contributed by atoms with van der Waals surface area (Å²) in [5.41, 5.74) is 6.06. The van der Waals surface area contributed by atoms with Crippen molar-refractivity contribution in [3.05, 3.63) is 83.6 Å². The molecule has 3 heterocycles. The molecular formula is C27H21N3O3. The summed E-state index contributed by atoms with van der Waals surface area (Å²) in [6.45, 7) is 0.572. The van der Waals surface area contributed by atoms with Crippen LogP contribution in [0.2, 0.25) is 0 Å². The van der Waals surface area contributed by atoms with E-state index in [0.29, 0.717) is 18.0 Å². The van der Waals surface area contributed by atoms with E-state index < -0.39 is 5.54 Å². The number of hydrogen-bond acceptors (Lipinski definition) is 6. The molecule has 0 radical (unpaired) electrons. The predicted octanol–water partition coefficient (Wildman–Crippen LogP) is 4.13. The van der Waals surface area contributed by atoms with Crippen molar-refractivity contribution in [2.75, 3.05) is 20.7 Å². The summed E-state index contributed by atoms with van der Waals surface area (Å²) in [5.74, 6) is 0.370. The molecule has 4 aromatic rings. The fraction of sp³-hybridized carbons (Fsp3) is 0.222. The molecule has 6 heteroatoms. The zero-order valence-electron chi connectivity index (χ0n) is 18.3. The van der Waals surface area contributed by atoms with Crippen LogP contribution in [0.5, 0.6) is 11.5 Å². The third-order valence-electron chi connectivity index (χ3n) is 7.52. The average Bonchev–Trinajstić information content (AvgIpc) is 3.31. The number of likely N-dealkylation sites (N-methyl/N-ethyl adjacent to an activating group) is 1. The van der Waals surface area contributed by atoms with E-state index in [1.807, 2.05) is 42.5 Å². The SMILES string of the molecule is COc1cccc2c1OC(=O)C1CN(C)C3(c4ccccc4-c4nc5ccccc5nc43)C21. The van der Waals surface area contributed by atoms with Crippen LogP contribution in [0.1, 0.15) is 22.7 Å². The number of esters is 1. The van der Waals surface area contributed by atoms with Crippen molar-refractivity contribution in [1.29, 1.82) is 0 Å². The summed E-state index contributed by atoms with van der Waals surface area (Å²) in [4.78, 5) is 25.8. The number of benzene rings is 3. The second-order valence-electron chi connectivity index (χ2n) is 8.99. The number of rotatable bonds is 1. The molecule has 0 amide bonds. The second-order valence-corrected chi connectivity index (χ2v) is 8.99. The summed E-state index contributed by atoms with van der Waals surface area (Å²) in [6.07, 6.45) is 0. The van der Waals surface area contributed by atoms with Gasteiger partial charge in [0.2, 0.25) is 0 Å². The Bertz CT molecular complexity index is 1480. The molecule has 33 heavy (non-hydrogen) atoms. The molecule has 162 valence electrons. The Hall–Kier alpha value is -3.77. The summed E-state index contributed by atoms with van der Waals surface area (Å²) in [7, 11) is 3.68. The number of aromatic nitrogens is 2. The fourth-order valence-corrected chi connectivity index (χ4v) is 6.25. The summed E-state index contributed by atoms with van der Waals surface area (Å²) in [6, 6.07) is 22.2. The highest BCUT2D eigenvalue weighted by molar-refractivity contribution is 5.88. The van der Waals surface area contributed by atoms with E-state index in [1.165, 1.54) is 0 Å². The molecule has 0 saturated carbocycles. The molecular weight excluding hydrogens is 414 g/mol. The molecule has 6 nitrogen and oxygen atoms in total. The number of hydrogen-bond donors (Lipinski definition) is 0. The van der Waals surface area contributed by atoms with Crippen molar-refractivity contribution in [2.45, 2.75) is 11.5 Å². The van der Waals surface area contributed by atoms with E-state index in [1.54, 1.807) is 7.11 Å². The van der Waals surface area contributed by atoms with Crippen molar-refractivity contribution >= 4 is 17.0 Å².